The van der Waals surface area contributed by atoms with Crippen LogP contribution in [-0.4, -0.2) is 37.6 Å². The van der Waals surface area contributed by atoms with Crippen molar-refractivity contribution in [2.24, 2.45) is 11.7 Å². The van der Waals surface area contributed by atoms with Crippen LogP contribution in [0.5, 0.6) is 0 Å². The minimum absolute atomic E-state index is 0.118. The number of sulfonamides is 1. The number of nitrogens with two attached hydrogens (primary N) is 1. The predicted octanol–water partition coefficient (Wildman–Crippen LogP) is 1.32. The molecule has 1 aliphatic heterocycles. The first-order valence-electron chi connectivity index (χ1n) is 6.83. The Labute approximate surface area is 105 Å². The summed E-state index contributed by atoms with van der Waals surface area (Å²) in [4.78, 5) is 0. The van der Waals surface area contributed by atoms with Gasteiger partial charge in [-0.3, -0.25) is 0 Å². The van der Waals surface area contributed by atoms with Crippen LogP contribution >= 0.6 is 0 Å². The van der Waals surface area contributed by atoms with Gasteiger partial charge in [-0.15, -0.1) is 0 Å². The molecule has 4 nitrogen and oxygen atoms in total. The summed E-state index contributed by atoms with van der Waals surface area (Å²) in [5.41, 5.74) is 5.67. The zero-order chi connectivity index (χ0) is 12.3. The van der Waals surface area contributed by atoms with E-state index in [0.29, 0.717) is 25.6 Å². The third-order valence-electron chi connectivity index (χ3n) is 4.15. The van der Waals surface area contributed by atoms with Crippen LogP contribution in [0.2, 0.25) is 0 Å². The smallest absolute Gasteiger partial charge is 0.216 e. The molecule has 2 N–H and O–H groups in total. The van der Waals surface area contributed by atoms with Gasteiger partial charge in [0.15, 0.2) is 0 Å². The van der Waals surface area contributed by atoms with Crippen LogP contribution in [0.3, 0.4) is 0 Å². The Balaban J connectivity index is 2.03. The Morgan fingerprint density at radius 3 is 2.41 bits per heavy atom. The average Bonchev–Trinajstić information content (AvgIpc) is 2.40. The zero-order valence-corrected chi connectivity index (χ0v) is 11.3. The van der Waals surface area contributed by atoms with Crippen LogP contribution in [0.4, 0.5) is 0 Å². The van der Waals surface area contributed by atoms with Gasteiger partial charge in [0.25, 0.3) is 0 Å². The van der Waals surface area contributed by atoms with Crippen molar-refractivity contribution in [3.05, 3.63) is 0 Å². The second-order valence-corrected chi connectivity index (χ2v) is 7.62. The van der Waals surface area contributed by atoms with Gasteiger partial charge in [-0.05, 0) is 38.1 Å². The van der Waals surface area contributed by atoms with E-state index in [1.165, 1.54) is 6.42 Å². The summed E-state index contributed by atoms with van der Waals surface area (Å²) in [6.07, 6.45) is 7.08. The van der Waals surface area contributed by atoms with E-state index >= 15 is 0 Å². The Kier molecular flexibility index (Phi) is 4.44. The first kappa shape index (κ1) is 13.3. The molecule has 1 saturated heterocycles. The molecular formula is C12H24N2O2S. The van der Waals surface area contributed by atoms with Crippen LogP contribution in [0.25, 0.3) is 0 Å². The predicted molar refractivity (Wildman–Crippen MR) is 69.1 cm³/mol. The molecule has 2 rings (SSSR count). The van der Waals surface area contributed by atoms with E-state index in [1.807, 2.05) is 0 Å². The molecule has 0 aromatic heterocycles. The summed E-state index contributed by atoms with van der Waals surface area (Å²) in [5.74, 6) is 0.363. The second-order valence-electron chi connectivity index (χ2n) is 5.41. The van der Waals surface area contributed by atoms with Crippen LogP contribution in [0.15, 0.2) is 0 Å². The third-order valence-corrected chi connectivity index (χ3v) is 6.51. The van der Waals surface area contributed by atoms with Gasteiger partial charge in [0.2, 0.25) is 10.0 Å². The lowest BCUT2D eigenvalue weighted by Gasteiger charge is -2.35. The van der Waals surface area contributed by atoms with Crippen LogP contribution in [0.1, 0.15) is 44.9 Å². The summed E-state index contributed by atoms with van der Waals surface area (Å²) >= 11 is 0. The highest BCUT2D eigenvalue weighted by Gasteiger charge is 2.35. The number of rotatable bonds is 3. The van der Waals surface area contributed by atoms with Crippen LogP contribution < -0.4 is 5.73 Å². The van der Waals surface area contributed by atoms with E-state index in [9.17, 15) is 8.42 Å². The summed E-state index contributed by atoms with van der Waals surface area (Å²) < 4.78 is 26.7. The molecule has 0 radical (unpaired) electrons. The first-order valence-corrected chi connectivity index (χ1v) is 8.34. The van der Waals surface area contributed by atoms with Crippen LogP contribution in [0, 0.1) is 5.92 Å². The van der Waals surface area contributed by atoms with Gasteiger partial charge in [0.05, 0.1) is 5.25 Å². The van der Waals surface area contributed by atoms with Crippen molar-refractivity contribution in [3.8, 4) is 0 Å². The van der Waals surface area contributed by atoms with Crippen LogP contribution in [-0.2, 0) is 10.0 Å². The Hall–Kier alpha value is -0.130. The van der Waals surface area contributed by atoms with Gasteiger partial charge in [-0.1, -0.05) is 19.3 Å². The molecule has 2 fully saturated rings. The number of nitrogens with zero attached hydrogens (tertiary/aromatic N) is 1. The molecule has 2 aliphatic rings. The molecule has 17 heavy (non-hydrogen) atoms. The molecule has 1 unspecified atom stereocenters. The van der Waals surface area contributed by atoms with Gasteiger partial charge in [0, 0.05) is 13.1 Å². The van der Waals surface area contributed by atoms with Crippen molar-refractivity contribution in [3.63, 3.8) is 0 Å². The molecule has 1 heterocycles. The fourth-order valence-electron chi connectivity index (χ4n) is 3.02. The number of piperidine rings is 1. The Morgan fingerprint density at radius 1 is 1.06 bits per heavy atom. The molecule has 100 valence electrons. The summed E-state index contributed by atoms with van der Waals surface area (Å²) in [6, 6.07) is 0. The molecule has 5 heteroatoms. The van der Waals surface area contributed by atoms with E-state index in [0.717, 1.165) is 38.5 Å². The van der Waals surface area contributed by atoms with Gasteiger partial charge in [-0.25, -0.2) is 12.7 Å². The topological polar surface area (TPSA) is 63.4 Å². The molecule has 0 bridgehead atoms. The Morgan fingerprint density at radius 2 is 1.76 bits per heavy atom. The third kappa shape index (κ3) is 3.01. The van der Waals surface area contributed by atoms with Gasteiger partial charge >= 0.3 is 0 Å². The largest absolute Gasteiger partial charge is 0.330 e. The lowest BCUT2D eigenvalue weighted by Crippen LogP contribution is -2.46. The van der Waals surface area contributed by atoms with Crippen molar-refractivity contribution >= 4 is 10.0 Å². The second kappa shape index (κ2) is 5.67. The van der Waals surface area contributed by atoms with Gasteiger partial charge < -0.3 is 5.73 Å². The van der Waals surface area contributed by atoms with E-state index in [4.69, 9.17) is 5.73 Å². The maximum Gasteiger partial charge on any atom is 0.216 e. The van der Waals surface area contributed by atoms with Crippen molar-refractivity contribution in [1.82, 2.24) is 4.31 Å². The summed E-state index contributed by atoms with van der Waals surface area (Å²) in [7, 11) is -3.05. The highest BCUT2D eigenvalue weighted by molar-refractivity contribution is 7.89. The maximum absolute atomic E-state index is 12.5. The molecule has 0 spiro atoms. The fourth-order valence-corrected chi connectivity index (χ4v) is 5.18. The van der Waals surface area contributed by atoms with Crippen molar-refractivity contribution in [1.29, 1.82) is 0 Å². The molecule has 0 amide bonds. The van der Waals surface area contributed by atoms with Gasteiger partial charge in [0.1, 0.15) is 0 Å². The molecule has 0 aromatic rings. The maximum atomic E-state index is 12.5. The molecule has 0 aromatic carbocycles. The lowest BCUT2D eigenvalue weighted by atomic mass is 10.0. The molecule has 1 saturated carbocycles. The molecular weight excluding hydrogens is 236 g/mol. The molecule has 1 aliphatic carbocycles. The minimum atomic E-state index is -3.05. The van der Waals surface area contributed by atoms with E-state index < -0.39 is 10.0 Å². The summed E-state index contributed by atoms with van der Waals surface area (Å²) in [5, 5.41) is -0.118. The monoisotopic (exact) mass is 260 g/mol. The number of hydrogen-bond acceptors (Lipinski definition) is 3. The quantitative estimate of drug-likeness (QED) is 0.832. The Bertz CT molecular complexity index is 336. The number of hydrogen-bond donors (Lipinski definition) is 1. The van der Waals surface area contributed by atoms with E-state index in [-0.39, 0.29) is 5.25 Å². The lowest BCUT2D eigenvalue weighted by molar-refractivity contribution is 0.266. The fraction of sp³-hybridized carbons (Fsp3) is 1.00. The van der Waals surface area contributed by atoms with Crippen molar-refractivity contribution < 1.29 is 8.42 Å². The van der Waals surface area contributed by atoms with E-state index in [2.05, 4.69) is 0 Å². The SMILES string of the molecule is NCC1CCCN(S(=O)(=O)C2CCCCC2)C1. The zero-order valence-electron chi connectivity index (χ0n) is 10.5. The van der Waals surface area contributed by atoms with Crippen molar-refractivity contribution in [2.75, 3.05) is 19.6 Å². The highest BCUT2D eigenvalue weighted by Crippen LogP contribution is 2.28. The van der Waals surface area contributed by atoms with Crippen molar-refractivity contribution in [2.45, 2.75) is 50.2 Å². The first-order chi connectivity index (χ1) is 8.14. The highest BCUT2D eigenvalue weighted by atomic mass is 32.2. The van der Waals surface area contributed by atoms with Gasteiger partial charge in [-0.2, -0.15) is 0 Å². The molecule has 1 atom stereocenters. The minimum Gasteiger partial charge on any atom is -0.330 e. The summed E-state index contributed by atoms with van der Waals surface area (Å²) in [6.45, 7) is 1.96. The van der Waals surface area contributed by atoms with E-state index in [1.54, 1.807) is 4.31 Å². The average molecular weight is 260 g/mol. The normalized spacial score (nSPS) is 29.4. The standard InChI is InChI=1S/C12H24N2O2S/c13-9-11-5-4-8-14(10-11)17(15,16)12-6-2-1-3-7-12/h11-12H,1-10,13H2.